The maximum absolute atomic E-state index is 5.91. The summed E-state index contributed by atoms with van der Waals surface area (Å²) in [6.07, 6.45) is 2.14. The highest BCUT2D eigenvalue weighted by molar-refractivity contribution is 6.76. The van der Waals surface area contributed by atoms with Crippen LogP contribution in [0.25, 0.3) is 10.9 Å². The van der Waals surface area contributed by atoms with Crippen LogP contribution in [0.15, 0.2) is 35.6 Å². The maximum atomic E-state index is 5.91. The van der Waals surface area contributed by atoms with E-state index in [1.807, 2.05) is 0 Å². The molecular formula is C18H27N3OSi. The second-order valence-electron chi connectivity index (χ2n) is 7.58. The summed E-state index contributed by atoms with van der Waals surface area (Å²) < 4.78 is 8.12. The number of nitrogens with one attached hydrogen (secondary N) is 1. The highest BCUT2D eigenvalue weighted by Gasteiger charge is 2.22. The van der Waals surface area contributed by atoms with Crippen molar-refractivity contribution in [3.05, 3.63) is 36.0 Å². The molecule has 1 aliphatic heterocycles. The molecule has 0 spiro atoms. The third kappa shape index (κ3) is 3.67. The Labute approximate surface area is 139 Å². The summed E-state index contributed by atoms with van der Waals surface area (Å²) in [6, 6.07) is 9.95. The molecule has 124 valence electrons. The van der Waals surface area contributed by atoms with Crippen molar-refractivity contribution in [1.82, 2.24) is 9.99 Å². The third-order valence-electron chi connectivity index (χ3n) is 4.50. The van der Waals surface area contributed by atoms with E-state index in [1.165, 1.54) is 22.5 Å². The monoisotopic (exact) mass is 329 g/mol. The highest BCUT2D eigenvalue weighted by Crippen LogP contribution is 2.29. The van der Waals surface area contributed by atoms with Gasteiger partial charge in [-0.1, -0.05) is 31.8 Å². The van der Waals surface area contributed by atoms with Gasteiger partial charge in [-0.25, -0.2) is 0 Å². The van der Waals surface area contributed by atoms with Crippen molar-refractivity contribution in [2.24, 2.45) is 5.10 Å². The molecule has 5 heteroatoms. The van der Waals surface area contributed by atoms with Crippen LogP contribution in [0.3, 0.4) is 0 Å². The van der Waals surface area contributed by atoms with Crippen LogP contribution in [0.5, 0.6) is 0 Å². The minimum absolute atomic E-state index is 0.377. The van der Waals surface area contributed by atoms with Gasteiger partial charge in [0.2, 0.25) is 0 Å². The fourth-order valence-corrected chi connectivity index (χ4v) is 3.78. The first-order chi connectivity index (χ1) is 11.0. The summed E-state index contributed by atoms with van der Waals surface area (Å²) in [5.74, 6) is 0.377. The number of aromatic nitrogens is 1. The number of benzene rings is 1. The van der Waals surface area contributed by atoms with Crippen LogP contribution in [0.2, 0.25) is 25.7 Å². The standard InChI is InChI=1S/C18H27N3OSi/c1-14-17(12-19-20-14)15-6-5-7-18-16(15)8-9-21(18)13-22-10-11-23(2,3)4/h5-9,17,19H,10-13H2,1-4H3. The minimum Gasteiger partial charge on any atom is -0.361 e. The predicted octanol–water partition coefficient (Wildman–Crippen LogP) is 4.02. The first kappa shape index (κ1) is 16.3. The summed E-state index contributed by atoms with van der Waals surface area (Å²) in [6.45, 7) is 11.6. The molecule has 23 heavy (non-hydrogen) atoms. The Bertz CT molecular complexity index is 715. The van der Waals surface area contributed by atoms with E-state index in [4.69, 9.17) is 4.74 Å². The topological polar surface area (TPSA) is 38.5 Å². The van der Waals surface area contributed by atoms with Gasteiger partial charge in [-0.05, 0) is 30.7 Å². The van der Waals surface area contributed by atoms with Crippen molar-refractivity contribution in [2.75, 3.05) is 13.2 Å². The normalized spacial score (nSPS) is 18.3. The van der Waals surface area contributed by atoms with Crippen molar-refractivity contribution in [3.63, 3.8) is 0 Å². The van der Waals surface area contributed by atoms with Gasteiger partial charge in [0.25, 0.3) is 0 Å². The lowest BCUT2D eigenvalue weighted by Crippen LogP contribution is -2.21. The Kier molecular flexibility index (Phi) is 4.59. The zero-order valence-corrected chi connectivity index (χ0v) is 15.6. The van der Waals surface area contributed by atoms with Gasteiger partial charge in [0.1, 0.15) is 6.73 Å². The van der Waals surface area contributed by atoms with Crippen molar-refractivity contribution >= 4 is 24.7 Å². The maximum Gasteiger partial charge on any atom is 0.122 e. The summed E-state index contributed by atoms with van der Waals surface area (Å²) in [5.41, 5.74) is 6.87. The van der Waals surface area contributed by atoms with Gasteiger partial charge in [0, 0.05) is 44.4 Å². The lowest BCUT2D eigenvalue weighted by molar-refractivity contribution is 0.0902. The molecule has 1 aromatic heterocycles. The van der Waals surface area contributed by atoms with Crippen LogP contribution >= 0.6 is 0 Å². The predicted molar refractivity (Wildman–Crippen MR) is 99.9 cm³/mol. The quantitative estimate of drug-likeness (QED) is 0.642. The first-order valence-corrected chi connectivity index (χ1v) is 12.1. The molecule has 0 radical (unpaired) electrons. The molecule has 0 saturated heterocycles. The van der Waals surface area contributed by atoms with E-state index in [2.05, 4.69) is 72.1 Å². The molecular weight excluding hydrogens is 302 g/mol. The molecule has 2 heterocycles. The van der Waals surface area contributed by atoms with Gasteiger partial charge in [0.15, 0.2) is 0 Å². The summed E-state index contributed by atoms with van der Waals surface area (Å²) in [5, 5.41) is 5.64. The Hall–Kier alpha value is -1.59. The number of hydrogen-bond acceptors (Lipinski definition) is 3. The van der Waals surface area contributed by atoms with Crippen molar-refractivity contribution in [3.8, 4) is 0 Å². The molecule has 0 bridgehead atoms. The molecule has 1 unspecified atom stereocenters. The Morgan fingerprint density at radius 3 is 2.83 bits per heavy atom. The van der Waals surface area contributed by atoms with Gasteiger partial charge in [-0.15, -0.1) is 0 Å². The summed E-state index contributed by atoms with van der Waals surface area (Å²) >= 11 is 0. The lowest BCUT2D eigenvalue weighted by Gasteiger charge is -2.16. The number of nitrogens with zero attached hydrogens (tertiary/aromatic N) is 2. The molecule has 1 aliphatic rings. The minimum atomic E-state index is -1.02. The lowest BCUT2D eigenvalue weighted by atomic mass is 9.93. The van der Waals surface area contributed by atoms with E-state index < -0.39 is 8.07 Å². The molecule has 4 nitrogen and oxygen atoms in total. The molecule has 2 aromatic rings. The van der Waals surface area contributed by atoms with Gasteiger partial charge >= 0.3 is 0 Å². The fraction of sp³-hybridized carbons (Fsp3) is 0.500. The van der Waals surface area contributed by atoms with E-state index >= 15 is 0 Å². The highest BCUT2D eigenvalue weighted by atomic mass is 28.3. The zero-order chi connectivity index (χ0) is 16.4. The van der Waals surface area contributed by atoms with Crippen LogP contribution < -0.4 is 5.43 Å². The fourth-order valence-electron chi connectivity index (χ4n) is 3.03. The molecule has 0 saturated carbocycles. The number of rotatable bonds is 6. The largest absolute Gasteiger partial charge is 0.361 e. The van der Waals surface area contributed by atoms with Crippen molar-refractivity contribution in [2.45, 2.75) is 45.3 Å². The smallest absolute Gasteiger partial charge is 0.122 e. The van der Waals surface area contributed by atoms with Crippen LogP contribution in [0, 0.1) is 0 Å². The van der Waals surface area contributed by atoms with E-state index in [1.54, 1.807) is 0 Å². The van der Waals surface area contributed by atoms with E-state index in [-0.39, 0.29) is 0 Å². The second-order valence-corrected chi connectivity index (χ2v) is 13.2. The average Bonchev–Trinajstić information content (AvgIpc) is 3.09. The van der Waals surface area contributed by atoms with Crippen LogP contribution in [0.1, 0.15) is 18.4 Å². The molecule has 3 rings (SSSR count). The average molecular weight is 330 g/mol. The SMILES string of the molecule is CC1=NNCC1c1cccc2c1ccn2COCC[Si](C)(C)C. The number of hydrogen-bond donors (Lipinski definition) is 1. The summed E-state index contributed by atoms with van der Waals surface area (Å²) in [7, 11) is -1.02. The van der Waals surface area contributed by atoms with Gasteiger partial charge < -0.3 is 14.7 Å². The van der Waals surface area contributed by atoms with Crippen LogP contribution in [0.4, 0.5) is 0 Å². The Balaban J connectivity index is 1.75. The number of fused-ring (bicyclic) bond motifs is 1. The number of hydrazone groups is 1. The van der Waals surface area contributed by atoms with Crippen molar-refractivity contribution in [1.29, 1.82) is 0 Å². The molecule has 0 fully saturated rings. The Morgan fingerprint density at radius 2 is 2.13 bits per heavy atom. The van der Waals surface area contributed by atoms with E-state index in [0.29, 0.717) is 12.6 Å². The molecule has 1 aromatic carbocycles. The molecule has 1 atom stereocenters. The van der Waals surface area contributed by atoms with Gasteiger partial charge in [-0.2, -0.15) is 5.10 Å². The summed E-state index contributed by atoms with van der Waals surface area (Å²) in [4.78, 5) is 0. The molecule has 1 N–H and O–H groups in total. The van der Waals surface area contributed by atoms with E-state index in [9.17, 15) is 0 Å². The van der Waals surface area contributed by atoms with Crippen LogP contribution in [-0.4, -0.2) is 31.5 Å². The third-order valence-corrected chi connectivity index (χ3v) is 6.21. The molecule has 0 aliphatic carbocycles. The van der Waals surface area contributed by atoms with Crippen molar-refractivity contribution < 1.29 is 4.74 Å². The number of ether oxygens (including phenoxy) is 1. The second kappa shape index (κ2) is 6.49. The van der Waals surface area contributed by atoms with E-state index in [0.717, 1.165) is 18.9 Å². The van der Waals surface area contributed by atoms with Crippen LogP contribution in [-0.2, 0) is 11.5 Å². The van der Waals surface area contributed by atoms with Gasteiger partial charge in [0.05, 0.1) is 5.52 Å². The Morgan fingerprint density at radius 1 is 1.30 bits per heavy atom. The van der Waals surface area contributed by atoms with Gasteiger partial charge in [-0.3, -0.25) is 0 Å². The zero-order valence-electron chi connectivity index (χ0n) is 14.6. The molecule has 0 amide bonds. The first-order valence-electron chi connectivity index (χ1n) is 8.38.